The van der Waals surface area contributed by atoms with Crippen LogP contribution in [0, 0.1) is 11.3 Å². The highest BCUT2D eigenvalue weighted by Gasteiger charge is 2.56. The minimum absolute atomic E-state index is 0.202. The maximum atomic E-state index is 5.69. The van der Waals surface area contributed by atoms with Crippen molar-refractivity contribution >= 4 is 0 Å². The van der Waals surface area contributed by atoms with Gasteiger partial charge in [-0.25, -0.2) is 0 Å². The summed E-state index contributed by atoms with van der Waals surface area (Å²) in [6.07, 6.45) is 3.57. The monoisotopic (exact) mass is 180 g/mol. The summed E-state index contributed by atoms with van der Waals surface area (Å²) in [6, 6.07) is 0. The zero-order valence-electron chi connectivity index (χ0n) is 9.02. The summed E-state index contributed by atoms with van der Waals surface area (Å²) >= 11 is 0. The Morgan fingerprint density at radius 2 is 2.08 bits per heavy atom. The fraction of sp³-hybridized carbons (Fsp3) is 0.833. The molecule has 0 amide bonds. The van der Waals surface area contributed by atoms with Gasteiger partial charge in [-0.05, 0) is 30.6 Å². The van der Waals surface area contributed by atoms with E-state index >= 15 is 0 Å². The second kappa shape index (κ2) is 2.60. The molecule has 1 spiro atoms. The van der Waals surface area contributed by atoms with Gasteiger partial charge in [-0.2, -0.15) is 0 Å². The predicted molar refractivity (Wildman–Crippen MR) is 54.6 cm³/mol. The highest BCUT2D eigenvalue weighted by molar-refractivity contribution is 5.16. The van der Waals surface area contributed by atoms with Crippen molar-refractivity contribution in [3.63, 3.8) is 0 Å². The molecule has 0 aromatic rings. The van der Waals surface area contributed by atoms with E-state index in [-0.39, 0.29) is 5.60 Å². The van der Waals surface area contributed by atoms with Gasteiger partial charge in [-0.15, -0.1) is 0 Å². The molecule has 1 heteroatoms. The maximum Gasteiger partial charge on any atom is 0.0986 e. The molecule has 1 saturated heterocycles. The number of epoxide rings is 1. The Morgan fingerprint density at radius 3 is 2.54 bits per heavy atom. The van der Waals surface area contributed by atoms with Crippen LogP contribution in [0.2, 0.25) is 0 Å². The number of rotatable bonds is 0. The van der Waals surface area contributed by atoms with Crippen molar-refractivity contribution in [1.82, 2.24) is 0 Å². The molecular formula is C12H20O. The SMILES string of the molecule is C=C1CC[C@@H](C(C)(C)C)C2(CO2)C1. The first kappa shape index (κ1) is 9.26. The van der Waals surface area contributed by atoms with E-state index in [1.807, 2.05) is 0 Å². The second-order valence-corrected chi connectivity index (χ2v) is 5.74. The highest BCUT2D eigenvalue weighted by Crippen LogP contribution is 2.53. The Labute approximate surface area is 81.2 Å². The van der Waals surface area contributed by atoms with Crippen LogP contribution in [0.25, 0.3) is 0 Å². The van der Waals surface area contributed by atoms with E-state index in [2.05, 4.69) is 27.4 Å². The molecule has 74 valence electrons. The van der Waals surface area contributed by atoms with Crippen molar-refractivity contribution in [2.24, 2.45) is 11.3 Å². The minimum atomic E-state index is 0.202. The standard InChI is InChI=1S/C12H20O/c1-9-5-6-10(11(2,3)4)12(7-9)8-13-12/h10H,1,5-8H2,2-4H3/t10-,12?/m0/s1. The molecule has 2 aliphatic rings. The number of hydrogen-bond donors (Lipinski definition) is 0. The summed E-state index contributed by atoms with van der Waals surface area (Å²) in [5, 5.41) is 0. The van der Waals surface area contributed by atoms with Gasteiger partial charge in [-0.1, -0.05) is 32.9 Å². The summed E-state index contributed by atoms with van der Waals surface area (Å²) in [6.45, 7) is 12.0. The molecule has 1 aliphatic carbocycles. The van der Waals surface area contributed by atoms with Crippen LogP contribution in [0.5, 0.6) is 0 Å². The largest absolute Gasteiger partial charge is 0.369 e. The van der Waals surface area contributed by atoms with E-state index in [0.29, 0.717) is 5.41 Å². The fourth-order valence-corrected chi connectivity index (χ4v) is 2.86. The van der Waals surface area contributed by atoms with Crippen LogP contribution in [0.3, 0.4) is 0 Å². The fourth-order valence-electron chi connectivity index (χ4n) is 2.86. The topological polar surface area (TPSA) is 12.5 Å². The normalized spacial score (nSPS) is 39.6. The third-order valence-corrected chi connectivity index (χ3v) is 3.53. The van der Waals surface area contributed by atoms with Crippen LogP contribution in [0.15, 0.2) is 12.2 Å². The summed E-state index contributed by atoms with van der Waals surface area (Å²) < 4.78 is 5.69. The molecule has 0 bridgehead atoms. The van der Waals surface area contributed by atoms with Crippen LogP contribution in [-0.2, 0) is 4.74 Å². The first-order valence-electron chi connectivity index (χ1n) is 5.25. The average molecular weight is 180 g/mol. The van der Waals surface area contributed by atoms with Crippen molar-refractivity contribution in [2.75, 3.05) is 6.61 Å². The Balaban J connectivity index is 2.16. The number of hydrogen-bond acceptors (Lipinski definition) is 1. The smallest absolute Gasteiger partial charge is 0.0986 e. The summed E-state index contributed by atoms with van der Waals surface area (Å²) in [7, 11) is 0. The predicted octanol–water partition coefficient (Wildman–Crippen LogP) is 3.16. The van der Waals surface area contributed by atoms with Gasteiger partial charge < -0.3 is 4.74 Å². The lowest BCUT2D eigenvalue weighted by Gasteiger charge is -2.39. The lowest BCUT2D eigenvalue weighted by Crippen LogP contribution is -2.38. The van der Waals surface area contributed by atoms with Crippen molar-refractivity contribution in [3.8, 4) is 0 Å². The van der Waals surface area contributed by atoms with Crippen molar-refractivity contribution < 1.29 is 4.74 Å². The Hall–Kier alpha value is -0.300. The van der Waals surface area contributed by atoms with Crippen LogP contribution in [-0.4, -0.2) is 12.2 Å². The van der Waals surface area contributed by atoms with Gasteiger partial charge in [0.2, 0.25) is 0 Å². The molecular weight excluding hydrogens is 160 g/mol. The van der Waals surface area contributed by atoms with Crippen LogP contribution in [0.1, 0.15) is 40.0 Å². The van der Waals surface area contributed by atoms with Crippen molar-refractivity contribution in [3.05, 3.63) is 12.2 Å². The zero-order chi connectivity index (χ0) is 9.69. The molecule has 1 aliphatic heterocycles. The van der Waals surface area contributed by atoms with E-state index in [9.17, 15) is 0 Å². The van der Waals surface area contributed by atoms with E-state index in [1.165, 1.54) is 18.4 Å². The van der Waals surface area contributed by atoms with Gasteiger partial charge in [0.1, 0.15) is 0 Å². The Kier molecular flexibility index (Phi) is 1.85. The molecule has 1 saturated carbocycles. The Morgan fingerprint density at radius 1 is 1.46 bits per heavy atom. The average Bonchev–Trinajstić information content (AvgIpc) is 2.66. The maximum absolute atomic E-state index is 5.69. The van der Waals surface area contributed by atoms with Gasteiger partial charge in [0.25, 0.3) is 0 Å². The van der Waals surface area contributed by atoms with E-state index in [1.54, 1.807) is 0 Å². The number of ether oxygens (including phenoxy) is 1. The molecule has 0 radical (unpaired) electrons. The molecule has 2 atom stereocenters. The Bertz CT molecular complexity index is 230. The summed E-state index contributed by atoms with van der Waals surface area (Å²) in [4.78, 5) is 0. The molecule has 13 heavy (non-hydrogen) atoms. The highest BCUT2D eigenvalue weighted by atomic mass is 16.6. The van der Waals surface area contributed by atoms with E-state index in [0.717, 1.165) is 18.9 Å². The molecule has 0 aromatic carbocycles. The van der Waals surface area contributed by atoms with Gasteiger partial charge in [-0.3, -0.25) is 0 Å². The quantitative estimate of drug-likeness (QED) is 0.412. The molecule has 1 nitrogen and oxygen atoms in total. The third kappa shape index (κ3) is 1.54. The molecule has 1 heterocycles. The summed E-state index contributed by atoms with van der Waals surface area (Å²) in [5.41, 5.74) is 1.98. The third-order valence-electron chi connectivity index (χ3n) is 3.53. The molecule has 0 aromatic heterocycles. The molecule has 0 N–H and O–H groups in total. The summed E-state index contributed by atoms with van der Waals surface area (Å²) in [5.74, 6) is 0.727. The molecule has 2 fully saturated rings. The lowest BCUT2D eigenvalue weighted by molar-refractivity contribution is 0.0872. The molecule has 1 unspecified atom stereocenters. The minimum Gasteiger partial charge on any atom is -0.369 e. The lowest BCUT2D eigenvalue weighted by atomic mass is 9.65. The second-order valence-electron chi connectivity index (χ2n) is 5.74. The van der Waals surface area contributed by atoms with E-state index in [4.69, 9.17) is 4.74 Å². The first-order chi connectivity index (χ1) is 5.94. The van der Waals surface area contributed by atoms with Gasteiger partial charge in [0.15, 0.2) is 0 Å². The zero-order valence-corrected chi connectivity index (χ0v) is 9.02. The van der Waals surface area contributed by atoms with Crippen LogP contribution in [0.4, 0.5) is 0 Å². The van der Waals surface area contributed by atoms with Gasteiger partial charge >= 0.3 is 0 Å². The van der Waals surface area contributed by atoms with Gasteiger partial charge in [0, 0.05) is 0 Å². The van der Waals surface area contributed by atoms with Crippen LogP contribution >= 0.6 is 0 Å². The van der Waals surface area contributed by atoms with Crippen molar-refractivity contribution in [2.45, 2.75) is 45.6 Å². The van der Waals surface area contributed by atoms with Gasteiger partial charge in [0.05, 0.1) is 12.2 Å². The van der Waals surface area contributed by atoms with Crippen molar-refractivity contribution in [1.29, 1.82) is 0 Å². The van der Waals surface area contributed by atoms with E-state index < -0.39 is 0 Å². The first-order valence-corrected chi connectivity index (χ1v) is 5.25. The molecule has 2 rings (SSSR count). The van der Waals surface area contributed by atoms with Crippen LogP contribution < -0.4 is 0 Å².